The Morgan fingerprint density at radius 3 is 2.95 bits per heavy atom. The van der Waals surface area contributed by atoms with E-state index in [1.807, 2.05) is 31.2 Å². The van der Waals surface area contributed by atoms with E-state index in [0.717, 1.165) is 28.6 Å². The predicted molar refractivity (Wildman–Crippen MR) is 84.3 cm³/mol. The smallest absolute Gasteiger partial charge is 0.192 e. The lowest BCUT2D eigenvalue weighted by Gasteiger charge is -2.06. The largest absolute Gasteiger partial charge is 0.357 e. The first-order valence-corrected chi connectivity index (χ1v) is 7.52. The van der Waals surface area contributed by atoms with Crippen LogP contribution >= 0.6 is 0 Å². The minimum Gasteiger partial charge on any atom is -0.357 e. The lowest BCUT2D eigenvalue weighted by molar-refractivity contribution is 0.813. The molecule has 20 heavy (non-hydrogen) atoms. The van der Waals surface area contributed by atoms with Crippen molar-refractivity contribution in [3.63, 3.8) is 0 Å². The Bertz CT molecular complexity index is 724. The molecule has 0 radical (unpaired) electrons. The lowest BCUT2D eigenvalue weighted by atomic mass is 10.1. The summed E-state index contributed by atoms with van der Waals surface area (Å²) >= 11 is 0. The van der Waals surface area contributed by atoms with Crippen molar-refractivity contribution in [2.24, 2.45) is 0 Å². The van der Waals surface area contributed by atoms with Gasteiger partial charge >= 0.3 is 0 Å². The van der Waals surface area contributed by atoms with Crippen LogP contribution in [0.2, 0.25) is 0 Å². The molecule has 0 unspecified atom stereocenters. The second-order valence-corrected chi connectivity index (χ2v) is 5.72. The molecule has 0 amide bonds. The third-order valence-corrected chi connectivity index (χ3v) is 4.23. The molecule has 2 heteroatoms. The molecule has 1 aromatic heterocycles. The number of pyridine rings is 1. The van der Waals surface area contributed by atoms with E-state index in [2.05, 4.69) is 18.0 Å². The van der Waals surface area contributed by atoms with Gasteiger partial charge in [-0.2, -0.15) is 0 Å². The highest BCUT2D eigenvalue weighted by Crippen LogP contribution is 2.47. The number of aromatic nitrogens is 1. The molecule has 104 valence electrons. The van der Waals surface area contributed by atoms with Gasteiger partial charge in [0.15, 0.2) is 5.43 Å². The van der Waals surface area contributed by atoms with Gasteiger partial charge in [0.25, 0.3) is 0 Å². The molecule has 1 atom stereocenters. The van der Waals surface area contributed by atoms with E-state index in [1.165, 1.54) is 24.8 Å². The second-order valence-electron chi connectivity index (χ2n) is 5.72. The Morgan fingerprint density at radius 2 is 2.15 bits per heavy atom. The summed E-state index contributed by atoms with van der Waals surface area (Å²) in [6.07, 6.45) is 7.13. The number of rotatable bonds is 4. The number of hydrogen-bond donors (Lipinski definition) is 1. The van der Waals surface area contributed by atoms with E-state index in [0.29, 0.717) is 5.92 Å². The predicted octanol–water partition coefficient (Wildman–Crippen LogP) is 4.44. The number of nitrogens with one attached hydrogen (secondary N) is 1. The number of aromatic amines is 1. The number of hydrogen-bond acceptors (Lipinski definition) is 1. The monoisotopic (exact) mass is 267 g/mol. The van der Waals surface area contributed by atoms with Crippen molar-refractivity contribution in [2.45, 2.75) is 45.4 Å². The number of para-hydroxylation sites is 1. The summed E-state index contributed by atoms with van der Waals surface area (Å²) in [6, 6.07) is 7.78. The van der Waals surface area contributed by atoms with Crippen molar-refractivity contribution >= 4 is 10.9 Å². The van der Waals surface area contributed by atoms with Crippen LogP contribution in [0.1, 0.15) is 49.8 Å². The summed E-state index contributed by atoms with van der Waals surface area (Å²) in [4.78, 5) is 15.9. The Labute approximate surface area is 119 Å². The van der Waals surface area contributed by atoms with E-state index < -0.39 is 0 Å². The van der Waals surface area contributed by atoms with Crippen LogP contribution in [-0.2, 0) is 0 Å². The average molecular weight is 267 g/mol. The van der Waals surface area contributed by atoms with Crippen molar-refractivity contribution in [1.82, 2.24) is 4.98 Å². The minimum absolute atomic E-state index is 0.175. The van der Waals surface area contributed by atoms with E-state index in [1.54, 1.807) is 0 Å². The molecule has 0 saturated heterocycles. The Hall–Kier alpha value is -1.83. The number of allylic oxidation sites excluding steroid dienone is 2. The first kappa shape index (κ1) is 13.2. The normalized spacial score (nSPS) is 19.7. The van der Waals surface area contributed by atoms with Gasteiger partial charge in [0.2, 0.25) is 0 Å². The van der Waals surface area contributed by atoms with E-state index >= 15 is 0 Å². The Kier molecular flexibility index (Phi) is 3.47. The van der Waals surface area contributed by atoms with Crippen molar-refractivity contribution in [1.29, 1.82) is 0 Å². The molecule has 1 fully saturated rings. The van der Waals surface area contributed by atoms with E-state index in [-0.39, 0.29) is 5.43 Å². The van der Waals surface area contributed by atoms with E-state index in [4.69, 9.17) is 0 Å². The number of unbranched alkanes of at least 4 members (excludes halogenated alkanes) is 2. The van der Waals surface area contributed by atoms with E-state index in [9.17, 15) is 4.79 Å². The highest BCUT2D eigenvalue weighted by atomic mass is 16.1. The fourth-order valence-electron chi connectivity index (χ4n) is 2.88. The fourth-order valence-corrected chi connectivity index (χ4v) is 2.88. The molecule has 1 aliphatic rings. The highest BCUT2D eigenvalue weighted by Gasteiger charge is 2.33. The average Bonchev–Trinajstić information content (AvgIpc) is 3.22. The maximum Gasteiger partial charge on any atom is 0.192 e. The molecule has 2 nitrogen and oxygen atoms in total. The van der Waals surface area contributed by atoms with Crippen molar-refractivity contribution < 1.29 is 0 Å². The minimum atomic E-state index is 0.175. The highest BCUT2D eigenvalue weighted by molar-refractivity contribution is 5.79. The molecule has 1 saturated carbocycles. The summed E-state index contributed by atoms with van der Waals surface area (Å²) < 4.78 is 0. The Balaban J connectivity index is 1.96. The zero-order valence-electron chi connectivity index (χ0n) is 12.2. The van der Waals surface area contributed by atoms with Gasteiger partial charge in [0, 0.05) is 28.1 Å². The topological polar surface area (TPSA) is 32.9 Å². The summed E-state index contributed by atoms with van der Waals surface area (Å²) in [6.45, 7) is 4.16. The molecule has 0 bridgehead atoms. The maximum absolute atomic E-state index is 12.4. The Morgan fingerprint density at radius 1 is 1.35 bits per heavy atom. The number of benzene rings is 1. The lowest BCUT2D eigenvalue weighted by Crippen LogP contribution is -2.10. The molecule has 1 aliphatic carbocycles. The standard InChI is InChI=1S/C18H21NO/c1-3-4-5-8-13-11-15(13)17-12(2)18(20)14-9-6-7-10-16(14)19-17/h6-10,15H,3-5,11H2,1-2H3,(H,19,20)/t15-/m1/s1. The van der Waals surface area contributed by atoms with Crippen LogP contribution in [0.5, 0.6) is 0 Å². The number of H-pyrrole nitrogens is 1. The van der Waals surface area contributed by atoms with Gasteiger partial charge < -0.3 is 4.98 Å². The van der Waals surface area contributed by atoms with Crippen LogP contribution in [0.15, 0.2) is 40.7 Å². The van der Waals surface area contributed by atoms with Gasteiger partial charge in [-0.05, 0) is 31.9 Å². The van der Waals surface area contributed by atoms with Crippen molar-refractivity contribution in [3.05, 3.63) is 57.4 Å². The molecule has 0 aliphatic heterocycles. The summed E-state index contributed by atoms with van der Waals surface area (Å²) in [7, 11) is 0. The second kappa shape index (κ2) is 5.28. The fraction of sp³-hybridized carbons (Fsp3) is 0.389. The third-order valence-electron chi connectivity index (χ3n) is 4.23. The molecule has 1 heterocycles. The molecule has 1 N–H and O–H groups in total. The SMILES string of the molecule is CCCCC=C1C[C@H]1c1[nH]c2ccccc2c(=O)c1C. The van der Waals surface area contributed by atoms with Crippen LogP contribution < -0.4 is 5.43 Å². The summed E-state index contributed by atoms with van der Waals surface area (Å²) in [5, 5.41) is 0.797. The van der Waals surface area contributed by atoms with Crippen molar-refractivity contribution in [3.8, 4) is 0 Å². The van der Waals surface area contributed by atoms with Crippen LogP contribution in [0.4, 0.5) is 0 Å². The van der Waals surface area contributed by atoms with Crippen LogP contribution in [-0.4, -0.2) is 4.98 Å². The molecular formula is C18H21NO. The first-order valence-electron chi connectivity index (χ1n) is 7.52. The van der Waals surface area contributed by atoms with Gasteiger partial charge in [-0.1, -0.05) is 43.5 Å². The molecule has 1 aromatic carbocycles. The molecule has 0 spiro atoms. The first-order chi connectivity index (χ1) is 9.72. The van der Waals surface area contributed by atoms with Crippen LogP contribution in [0, 0.1) is 6.92 Å². The van der Waals surface area contributed by atoms with Crippen molar-refractivity contribution in [2.75, 3.05) is 0 Å². The molecular weight excluding hydrogens is 246 g/mol. The quantitative estimate of drug-likeness (QED) is 0.644. The number of fused-ring (bicyclic) bond motifs is 1. The molecule has 3 rings (SSSR count). The molecule has 2 aromatic rings. The maximum atomic E-state index is 12.4. The zero-order chi connectivity index (χ0) is 14.1. The van der Waals surface area contributed by atoms with Gasteiger partial charge in [0.1, 0.15) is 0 Å². The van der Waals surface area contributed by atoms with Crippen LogP contribution in [0.25, 0.3) is 10.9 Å². The van der Waals surface area contributed by atoms with Gasteiger partial charge in [-0.25, -0.2) is 0 Å². The summed E-state index contributed by atoms with van der Waals surface area (Å²) in [5.74, 6) is 0.448. The van der Waals surface area contributed by atoms with Crippen LogP contribution in [0.3, 0.4) is 0 Å². The third kappa shape index (κ3) is 2.31. The van der Waals surface area contributed by atoms with Gasteiger partial charge in [-0.15, -0.1) is 0 Å². The van der Waals surface area contributed by atoms with Gasteiger partial charge in [-0.3, -0.25) is 4.79 Å². The zero-order valence-corrected chi connectivity index (χ0v) is 12.2. The van der Waals surface area contributed by atoms with Gasteiger partial charge in [0.05, 0.1) is 0 Å². The summed E-state index contributed by atoms with van der Waals surface area (Å²) in [5.41, 5.74) is 4.63.